The third-order valence-corrected chi connectivity index (χ3v) is 12.9. The van der Waals surface area contributed by atoms with E-state index in [9.17, 15) is 103 Å². The van der Waals surface area contributed by atoms with Crippen molar-refractivity contribution in [1.82, 2.24) is 80.3 Å². The summed E-state index contributed by atoms with van der Waals surface area (Å²) in [5, 5.41) is 85.5. The molecule has 0 rings (SSSR count). The Morgan fingerprint density at radius 2 is 0.556 bits per heavy atom. The van der Waals surface area contributed by atoms with Gasteiger partial charge < -0.3 is 183 Å². The molecule has 42 nitrogen and oxygen atoms in total. The molecule has 0 aliphatic carbocycles. The maximum atomic E-state index is 11.2. The van der Waals surface area contributed by atoms with Crippen LogP contribution in [0.3, 0.4) is 0 Å². The van der Waals surface area contributed by atoms with Crippen molar-refractivity contribution < 1.29 is 136 Å². The monoisotopic (exact) mass is 1580 g/mol. The molecule has 0 aliphatic heterocycles. The standard InChI is InChI=1S/2C15H29NO4.C13H25NO4.C11H21NO4.3C4H7NO4.7H3N/c1-11(8-15(3,4)5)6-7-12(2)9-16-14(19)20-10-13(17)18;1-2-3-4-5-6-7-8-9-10-11-12-16-15(19)20-13-14(17)18;1-3-5-6-8-11(7-4-2)9-14-13(17)18-10-12(15)16;1-3-5-6-9(4-2)7-12-11(15)16-8-10(13)14;3*1-5-4(8)9-2-3(6)7;;;;;;;/h11-12H,6-10H2,1-5H3,(H,16,19)(H,17,18);2-13H2,1H3,(H,16,19)(H,17,18);11H,3-10H2,1-2H3,(H,14,17)(H,15,16);9H,3-8H2,1-2H3,(H,12,15)(H,13,14);3*2H2,1H3,(H,5,8)(H,6,7);7*1H3. The predicted octanol–water partition coefficient (Wildman–Crippen LogP) is 3.38. The highest BCUT2D eigenvalue weighted by molar-refractivity contribution is 5.76. The lowest BCUT2D eigenvalue weighted by Gasteiger charge is -2.24. The van der Waals surface area contributed by atoms with E-state index in [2.05, 4.69) is 140 Å². The van der Waals surface area contributed by atoms with E-state index in [4.69, 9.17) is 0 Å². The Morgan fingerprint density at radius 3 is 0.843 bits per heavy atom. The second kappa shape index (κ2) is 94.0. The van der Waals surface area contributed by atoms with Crippen LogP contribution in [0.2, 0.25) is 0 Å². The van der Waals surface area contributed by atoms with Gasteiger partial charge in [-0.15, -0.1) is 0 Å². The van der Waals surface area contributed by atoms with Gasteiger partial charge >= 0.3 is 42.7 Å². The zero-order valence-electron chi connectivity index (χ0n) is 68.8. The molecular formula is C66H146N14O28. The van der Waals surface area contributed by atoms with Gasteiger partial charge in [0.15, 0.2) is 0 Å². The van der Waals surface area contributed by atoms with Gasteiger partial charge in [0.2, 0.25) is 0 Å². The lowest BCUT2D eigenvalue weighted by molar-refractivity contribution is -0.309. The number of amides is 7. The van der Waals surface area contributed by atoms with Crippen LogP contribution >= 0.6 is 0 Å². The molecule has 108 heavy (non-hydrogen) atoms. The molecular weight excluding hydrogens is 1440 g/mol. The molecule has 0 bridgehead atoms. The number of hydrogen-bond acceptors (Lipinski definition) is 28. The van der Waals surface area contributed by atoms with Crippen molar-refractivity contribution in [2.45, 2.75) is 217 Å². The number of nitrogens with one attached hydrogen (secondary N) is 7. The zero-order chi connectivity index (χ0) is 78.8. The van der Waals surface area contributed by atoms with Gasteiger partial charge in [-0.25, -0.2) is 33.6 Å². The Kier molecular flexibility index (Phi) is 114. The fraction of sp³-hybridized carbons (Fsp3) is 0.788. The van der Waals surface area contributed by atoms with Crippen LogP contribution in [0.25, 0.3) is 0 Å². The fourth-order valence-corrected chi connectivity index (χ4v) is 8.01. The van der Waals surface area contributed by atoms with Crippen molar-refractivity contribution >= 4 is 84.4 Å². The van der Waals surface area contributed by atoms with Crippen LogP contribution in [0, 0.1) is 29.1 Å². The molecule has 0 aromatic rings. The molecule has 4 atom stereocenters. The van der Waals surface area contributed by atoms with Crippen LogP contribution in [0.15, 0.2) is 0 Å². The molecule has 648 valence electrons. The molecule has 4 unspecified atom stereocenters. The minimum Gasteiger partial charge on any atom is -0.546 e. The van der Waals surface area contributed by atoms with E-state index in [1.807, 2.05) is 0 Å². The first-order chi connectivity index (χ1) is 47.4. The van der Waals surface area contributed by atoms with E-state index < -0.39 is 131 Å². The first kappa shape index (κ1) is 132. The minimum absolute atomic E-state index is 0. The van der Waals surface area contributed by atoms with Gasteiger partial charge in [-0.2, -0.15) is 0 Å². The van der Waals surface area contributed by atoms with Crippen molar-refractivity contribution in [3.05, 3.63) is 0 Å². The van der Waals surface area contributed by atoms with Gasteiger partial charge in [-0.05, 0) is 67.6 Å². The van der Waals surface area contributed by atoms with Crippen molar-refractivity contribution in [2.75, 3.05) is 93.6 Å². The summed E-state index contributed by atoms with van der Waals surface area (Å²) in [4.78, 5) is 144. The predicted molar refractivity (Wildman–Crippen MR) is 395 cm³/mol. The number of carbonyl (C=O) groups excluding carboxylic acids is 14. The van der Waals surface area contributed by atoms with Crippen LogP contribution in [0.1, 0.15) is 217 Å². The van der Waals surface area contributed by atoms with Crippen LogP contribution in [-0.2, 0) is 66.7 Å². The van der Waals surface area contributed by atoms with Crippen molar-refractivity contribution in [2.24, 2.45) is 29.1 Å². The second-order valence-electron chi connectivity index (χ2n) is 23.8. The van der Waals surface area contributed by atoms with Gasteiger partial charge in [0.05, 0.1) is 41.8 Å². The summed E-state index contributed by atoms with van der Waals surface area (Å²) in [5.41, 5.74) is 0.343. The van der Waals surface area contributed by atoms with E-state index in [1.54, 1.807) is 0 Å². The number of hydrogen-bond donors (Lipinski definition) is 14. The van der Waals surface area contributed by atoms with Gasteiger partial charge in [0.25, 0.3) is 0 Å². The highest BCUT2D eigenvalue weighted by Crippen LogP contribution is 2.27. The quantitative estimate of drug-likeness (QED) is 0.0307. The van der Waals surface area contributed by atoms with Gasteiger partial charge in [-0.3, -0.25) is 0 Å². The number of aliphatic carboxylic acids is 7. The number of unbranched alkanes of at least 4 members (excludes halogenated alkanes) is 12. The molecule has 0 aliphatic rings. The molecule has 0 aromatic carbocycles. The molecule has 0 saturated carbocycles. The second-order valence-corrected chi connectivity index (χ2v) is 23.8. The normalized spacial score (nSPS) is 10.3. The Hall–Kier alpha value is -9.10. The van der Waals surface area contributed by atoms with Crippen LogP contribution in [-0.4, -0.2) is 178 Å². The third-order valence-electron chi connectivity index (χ3n) is 12.9. The van der Waals surface area contributed by atoms with Crippen LogP contribution in [0.4, 0.5) is 33.6 Å². The van der Waals surface area contributed by atoms with Crippen LogP contribution in [0.5, 0.6) is 0 Å². The lowest BCUT2D eigenvalue weighted by Crippen LogP contribution is -2.34. The molecule has 0 spiro atoms. The molecule has 0 saturated heterocycles. The number of rotatable bonds is 45. The third kappa shape index (κ3) is 127. The highest BCUT2D eigenvalue weighted by atomic mass is 16.6. The number of alkyl carbamates (subject to hydrolysis) is 7. The topological polar surface area (TPSA) is 805 Å². The molecule has 7 amide bonds. The zero-order valence-corrected chi connectivity index (χ0v) is 68.8. The van der Waals surface area contributed by atoms with E-state index in [1.165, 1.54) is 91.8 Å². The number of ether oxygens (including phenoxy) is 7. The Bertz CT molecular complexity index is 2170. The molecule has 35 N–H and O–H groups in total. The molecule has 0 heterocycles. The van der Waals surface area contributed by atoms with Gasteiger partial charge in [0, 0.05) is 47.3 Å². The average molecular weight is 1580 g/mol. The summed E-state index contributed by atoms with van der Waals surface area (Å²) < 4.78 is 29.8. The van der Waals surface area contributed by atoms with Crippen molar-refractivity contribution in [3.63, 3.8) is 0 Å². The van der Waals surface area contributed by atoms with E-state index in [0.717, 1.165) is 77.0 Å². The van der Waals surface area contributed by atoms with Crippen molar-refractivity contribution in [3.8, 4) is 0 Å². The Labute approximate surface area is 638 Å². The molecule has 42 heteroatoms. The average Bonchev–Trinajstić information content (AvgIpc) is 0.942. The summed E-state index contributed by atoms with van der Waals surface area (Å²) in [6.45, 7) is 18.9. The van der Waals surface area contributed by atoms with E-state index in [-0.39, 0.29) is 43.1 Å². The maximum absolute atomic E-state index is 11.2. The van der Waals surface area contributed by atoms with Gasteiger partial charge in [-0.1, -0.05) is 178 Å². The summed E-state index contributed by atoms with van der Waals surface area (Å²) in [5.74, 6) is -7.96. The number of carboxylic acid groups (broad SMARTS) is 7. The summed E-state index contributed by atoms with van der Waals surface area (Å²) in [7, 11) is 3.99. The lowest BCUT2D eigenvalue weighted by atomic mass is 9.83. The fourth-order valence-electron chi connectivity index (χ4n) is 8.01. The first-order valence-electron chi connectivity index (χ1n) is 34.0. The largest absolute Gasteiger partial charge is 0.546 e. The van der Waals surface area contributed by atoms with E-state index in [0.29, 0.717) is 55.3 Å². The smallest absolute Gasteiger partial charge is 0.407 e. The molecule has 0 radical (unpaired) electrons. The highest BCUT2D eigenvalue weighted by Gasteiger charge is 2.17. The first-order valence-corrected chi connectivity index (χ1v) is 34.0. The number of carbonyl (C=O) groups is 14. The summed E-state index contributed by atoms with van der Waals surface area (Å²) >= 11 is 0. The van der Waals surface area contributed by atoms with Crippen molar-refractivity contribution in [1.29, 1.82) is 0 Å². The SMILES string of the molecule is CC(CCC(C)CC(C)(C)C)CNC(=O)OCC(=O)[O-].CCCCC(CC)CNC(=O)OCC(=O)[O-].CCCCCC(CCC)CNC(=O)OCC(=O)[O-].CCCCCCCCCCCCNC(=O)OCC(=O)[O-].CNC(=O)OCC(=O)[O-].CNC(=O)OCC(=O)[O-].CNC(=O)OCC(=O)[O-].[NH4+].[NH4+].[NH4+].[NH4+].[NH4+].[NH4+].[NH4+]. The Balaban J connectivity index is -0.0000000804. The summed E-state index contributed by atoms with van der Waals surface area (Å²) in [6.07, 6.45) is 21.7. The molecule has 0 aromatic heterocycles. The van der Waals surface area contributed by atoms with Gasteiger partial charge in [0.1, 0.15) is 46.2 Å². The number of carboxylic acids is 7. The Morgan fingerprint density at radius 1 is 0.296 bits per heavy atom. The maximum Gasteiger partial charge on any atom is 0.407 e. The van der Waals surface area contributed by atoms with Crippen LogP contribution < -0.4 is 116 Å². The van der Waals surface area contributed by atoms with E-state index >= 15 is 0 Å². The minimum atomic E-state index is -1.42. The number of quaternary nitrogens is 7. The summed E-state index contributed by atoms with van der Waals surface area (Å²) in [6, 6.07) is 0. The molecule has 0 fully saturated rings.